The molecule has 4 aliphatic heterocycles. The van der Waals surface area contributed by atoms with E-state index in [0.29, 0.717) is 31.6 Å². The lowest BCUT2D eigenvalue weighted by Crippen LogP contribution is -2.61. The van der Waals surface area contributed by atoms with Crippen LogP contribution in [0.3, 0.4) is 0 Å². The zero-order valence-corrected chi connectivity index (χ0v) is 47.8. The fourth-order valence-corrected chi connectivity index (χ4v) is 12.3. The van der Waals surface area contributed by atoms with E-state index in [4.69, 9.17) is 33.2 Å². The fraction of sp³-hybridized carbons (Fsp3) is 0.836. The van der Waals surface area contributed by atoms with Gasteiger partial charge in [0.2, 0.25) is 0 Å². The standard InChI is InChI=1S/C55H94FN7O13/c1-15-43-55(10,69)48(65)36(6)61(12)30-32(2)27-53(8,68)50(34(4)46(35(5)51(67)74-43)75-44-28-54(9,71-14)49(66)37(7)73-44)76-52-45(64)41(26-33(3)72-52)60(11)23-20-39-31-63(59-58-39)42(29-56)47(70-13)38-16-18-40(19-17-38)62-24-21-57-22-25-62/h16-19,31-37,41-50,52,57,64-66,68-69H,15,20-30H2,1-14H3/t32-,33-,34+,35-,36-,37+,41+,42-,43-,44+,45-,46+,47-,48-,49+,50-,52+,53-,54-,55-/m1/s1. The van der Waals surface area contributed by atoms with E-state index < -0.39 is 127 Å². The molecular formula is C55H94FN7O13. The Labute approximate surface area is 450 Å². The number of nitrogens with one attached hydrogen (secondary N) is 1. The molecule has 5 heterocycles. The van der Waals surface area contributed by atoms with Crippen LogP contribution in [0.4, 0.5) is 10.1 Å². The summed E-state index contributed by atoms with van der Waals surface area (Å²) in [4.78, 5) is 20.8. The number of nitrogens with zero attached hydrogens (tertiary/aromatic N) is 6. The van der Waals surface area contributed by atoms with Crippen molar-refractivity contribution in [3.05, 3.63) is 41.7 Å². The van der Waals surface area contributed by atoms with Crippen LogP contribution in [0.5, 0.6) is 0 Å². The van der Waals surface area contributed by atoms with Crippen LogP contribution in [0, 0.1) is 17.8 Å². The van der Waals surface area contributed by atoms with Crippen LogP contribution in [0.25, 0.3) is 0 Å². The van der Waals surface area contributed by atoms with Crippen molar-refractivity contribution in [2.45, 2.75) is 204 Å². The molecule has 0 unspecified atom stereocenters. The molecule has 0 bridgehead atoms. The van der Waals surface area contributed by atoms with Gasteiger partial charge in [-0.3, -0.25) is 4.79 Å². The molecule has 6 rings (SSSR count). The molecule has 0 aliphatic carbocycles. The zero-order chi connectivity index (χ0) is 56.0. The number of esters is 1. The van der Waals surface area contributed by atoms with Gasteiger partial charge in [-0.25, -0.2) is 9.07 Å². The molecule has 0 spiro atoms. The second kappa shape index (κ2) is 26.5. The van der Waals surface area contributed by atoms with Crippen LogP contribution in [0.2, 0.25) is 0 Å². The third kappa shape index (κ3) is 14.3. The highest BCUT2D eigenvalue weighted by molar-refractivity contribution is 5.73. The first-order valence-corrected chi connectivity index (χ1v) is 27.6. The highest BCUT2D eigenvalue weighted by atomic mass is 19.1. The molecule has 20 atom stereocenters. The van der Waals surface area contributed by atoms with E-state index in [-0.39, 0.29) is 25.2 Å². The average Bonchev–Trinajstić information content (AvgIpc) is 3.87. The highest BCUT2D eigenvalue weighted by Gasteiger charge is 2.53. The number of halogens is 1. The zero-order valence-electron chi connectivity index (χ0n) is 47.8. The number of rotatable bonds is 16. The Bertz CT molecular complexity index is 2100. The first-order valence-electron chi connectivity index (χ1n) is 27.6. The number of alkyl halides is 1. The Morgan fingerprint density at radius 2 is 1.63 bits per heavy atom. The SMILES string of the molecule is CC[C@H]1OC(=O)[C@H](C)[C@@H](O[C@H]2C[C@@](C)(OC)[C@@H](O)[C@H](C)O2)[C@H](C)[C@@H](O[C@@H]2O[C@H](C)C[C@H](N(C)CCc3cn([C@H](CF)[C@H](OC)c4ccc(N5CCNCC5)cc4)nn3)[C@H]2O)[C@](C)(O)C[C@@H](C)CN(C)[C@H](C)[C@@H](O)[C@]1(C)O. The van der Waals surface area contributed by atoms with E-state index in [1.807, 2.05) is 62.0 Å². The molecule has 4 aliphatic rings. The van der Waals surface area contributed by atoms with Gasteiger partial charge in [0.05, 0.1) is 47.2 Å². The minimum Gasteiger partial charge on any atom is -0.459 e. The maximum atomic E-state index is 14.9. The van der Waals surface area contributed by atoms with Gasteiger partial charge in [0.15, 0.2) is 12.6 Å². The van der Waals surface area contributed by atoms with E-state index in [2.05, 4.69) is 20.5 Å². The summed E-state index contributed by atoms with van der Waals surface area (Å²) in [6.45, 7) is 21.2. The molecular weight excluding hydrogens is 986 g/mol. The van der Waals surface area contributed by atoms with Crippen molar-refractivity contribution in [1.29, 1.82) is 0 Å². The topological polar surface area (TPSA) is 235 Å². The van der Waals surface area contributed by atoms with Gasteiger partial charge >= 0.3 is 5.97 Å². The summed E-state index contributed by atoms with van der Waals surface area (Å²) < 4.78 is 60.7. The number of piperazine rings is 1. The van der Waals surface area contributed by atoms with Crippen molar-refractivity contribution in [1.82, 2.24) is 30.1 Å². The van der Waals surface area contributed by atoms with E-state index in [0.717, 1.165) is 37.4 Å². The quantitative estimate of drug-likeness (QED) is 0.132. The van der Waals surface area contributed by atoms with E-state index >= 15 is 0 Å². The number of aromatic nitrogens is 3. The second-order valence-corrected chi connectivity index (χ2v) is 23.3. The van der Waals surface area contributed by atoms with Crippen molar-refractivity contribution in [2.75, 3.05) is 79.2 Å². The van der Waals surface area contributed by atoms with Crippen molar-refractivity contribution < 1.29 is 67.9 Å². The summed E-state index contributed by atoms with van der Waals surface area (Å²) in [5.74, 6) is -2.86. The summed E-state index contributed by atoms with van der Waals surface area (Å²) >= 11 is 0. The molecule has 21 heteroatoms. The lowest BCUT2D eigenvalue weighted by molar-refractivity contribution is -0.318. The molecule has 4 fully saturated rings. The molecule has 6 N–H and O–H groups in total. The Kier molecular flexibility index (Phi) is 21.7. The average molecular weight is 1080 g/mol. The number of likely N-dealkylation sites (N-methyl/N-ethyl adjacent to an activating group) is 2. The second-order valence-electron chi connectivity index (χ2n) is 23.3. The third-order valence-electron chi connectivity index (χ3n) is 17.2. The maximum Gasteiger partial charge on any atom is 0.311 e. The largest absolute Gasteiger partial charge is 0.459 e. The number of methoxy groups -OCH3 is 2. The summed E-state index contributed by atoms with van der Waals surface area (Å²) in [7, 11) is 6.79. The van der Waals surface area contributed by atoms with Crippen molar-refractivity contribution in [3.8, 4) is 0 Å². The summed E-state index contributed by atoms with van der Waals surface area (Å²) in [6, 6.07) is 6.21. The Morgan fingerprint density at radius 1 is 0.961 bits per heavy atom. The first-order chi connectivity index (χ1) is 35.8. The minimum absolute atomic E-state index is 0.0873. The fourth-order valence-electron chi connectivity index (χ4n) is 12.3. The molecule has 76 heavy (non-hydrogen) atoms. The number of hydrogen-bond acceptors (Lipinski definition) is 19. The van der Waals surface area contributed by atoms with Crippen LogP contribution in [0.15, 0.2) is 30.5 Å². The monoisotopic (exact) mass is 1080 g/mol. The van der Waals surface area contributed by atoms with Gasteiger partial charge in [0.1, 0.15) is 48.8 Å². The van der Waals surface area contributed by atoms with Crippen LogP contribution < -0.4 is 10.2 Å². The van der Waals surface area contributed by atoms with Crippen molar-refractivity contribution >= 4 is 11.7 Å². The Balaban J connectivity index is 1.25. The number of aliphatic hydroxyl groups is 5. The molecule has 1 aromatic carbocycles. The molecule has 0 radical (unpaired) electrons. The Hall–Kier alpha value is -3.00. The number of carbonyl (C=O) groups is 1. The van der Waals surface area contributed by atoms with Gasteiger partial charge in [-0.1, -0.05) is 38.1 Å². The molecule has 1 aromatic heterocycles. The van der Waals surface area contributed by atoms with Crippen LogP contribution in [-0.4, -0.2) is 221 Å². The van der Waals surface area contributed by atoms with Crippen LogP contribution in [0.1, 0.15) is 118 Å². The summed E-state index contributed by atoms with van der Waals surface area (Å²) in [6.07, 6.45) is -7.85. The highest BCUT2D eigenvalue weighted by Crippen LogP contribution is 2.41. The molecule has 434 valence electrons. The Morgan fingerprint density at radius 3 is 2.25 bits per heavy atom. The summed E-state index contributed by atoms with van der Waals surface area (Å²) in [5.41, 5.74) is -2.02. The minimum atomic E-state index is -1.85. The number of cyclic esters (lactones) is 1. The van der Waals surface area contributed by atoms with Gasteiger partial charge in [0, 0.05) is 96.2 Å². The number of hydrogen-bond donors (Lipinski definition) is 6. The smallest absolute Gasteiger partial charge is 0.311 e. The van der Waals surface area contributed by atoms with Crippen LogP contribution in [-0.2, 0) is 44.4 Å². The lowest BCUT2D eigenvalue weighted by atomic mass is 9.77. The van der Waals surface area contributed by atoms with Gasteiger partial charge in [-0.15, -0.1) is 5.10 Å². The van der Waals surface area contributed by atoms with E-state index in [9.17, 15) is 34.7 Å². The normalized spacial score (nSPS) is 39.8. The van der Waals surface area contributed by atoms with Gasteiger partial charge in [-0.05, 0) is 105 Å². The first kappa shape index (κ1) is 62.2. The van der Waals surface area contributed by atoms with Crippen molar-refractivity contribution in [2.24, 2.45) is 17.8 Å². The molecule has 20 nitrogen and oxygen atoms in total. The van der Waals surface area contributed by atoms with Crippen molar-refractivity contribution in [3.63, 3.8) is 0 Å². The molecule has 0 saturated carbocycles. The molecule has 4 saturated heterocycles. The van der Waals surface area contributed by atoms with E-state index in [1.165, 1.54) is 18.7 Å². The predicted molar refractivity (Wildman–Crippen MR) is 283 cm³/mol. The molecule has 0 amide bonds. The number of carbonyl (C=O) groups excluding carboxylic acids is 1. The number of anilines is 1. The number of aliphatic hydroxyl groups excluding tert-OH is 3. The number of ether oxygens (including phenoxy) is 7. The van der Waals surface area contributed by atoms with Gasteiger partial charge < -0.3 is 78.7 Å². The maximum absolute atomic E-state index is 14.9. The number of benzene rings is 1. The molecule has 2 aromatic rings. The van der Waals surface area contributed by atoms with E-state index in [1.54, 1.807) is 61.8 Å². The lowest BCUT2D eigenvalue weighted by Gasteiger charge is -2.49. The predicted octanol–water partition coefficient (Wildman–Crippen LogP) is 3.41. The third-order valence-corrected chi connectivity index (χ3v) is 17.2. The van der Waals surface area contributed by atoms with Gasteiger partial charge in [0.25, 0.3) is 0 Å². The van der Waals surface area contributed by atoms with Gasteiger partial charge in [-0.2, -0.15) is 0 Å². The summed E-state index contributed by atoms with van der Waals surface area (Å²) in [5, 5.41) is 72.1. The van der Waals surface area contributed by atoms with Crippen LogP contribution >= 0.6 is 0 Å².